The van der Waals surface area contributed by atoms with E-state index in [0.29, 0.717) is 22.4 Å². The van der Waals surface area contributed by atoms with Crippen molar-refractivity contribution in [3.8, 4) is 5.75 Å². The van der Waals surface area contributed by atoms with Gasteiger partial charge < -0.3 is 4.74 Å². The van der Waals surface area contributed by atoms with Gasteiger partial charge in [0.05, 0.1) is 11.6 Å². The van der Waals surface area contributed by atoms with Crippen molar-refractivity contribution in [1.29, 1.82) is 0 Å². The largest absolute Gasteiger partial charge is 0.491 e. The molecule has 0 fully saturated rings. The molecule has 90 valence electrons. The van der Waals surface area contributed by atoms with Gasteiger partial charge in [0.1, 0.15) is 10.1 Å². The zero-order valence-electron chi connectivity index (χ0n) is 8.73. The molecular weight excluding hydrogens is 297 g/mol. The van der Waals surface area contributed by atoms with Gasteiger partial charge in [0, 0.05) is 22.4 Å². The number of thioether (sulfide) groups is 1. The zero-order valence-corrected chi connectivity index (χ0v) is 11.9. The van der Waals surface area contributed by atoms with Crippen LogP contribution in [-0.2, 0) is 0 Å². The quantitative estimate of drug-likeness (QED) is 0.594. The lowest BCUT2D eigenvalue weighted by Gasteiger charge is -2.07. The average molecular weight is 306 g/mol. The molecule has 0 saturated heterocycles. The Hall–Kier alpha value is -0.420. The summed E-state index contributed by atoms with van der Waals surface area (Å²) in [7, 11) is 0. The van der Waals surface area contributed by atoms with Gasteiger partial charge >= 0.3 is 0 Å². The summed E-state index contributed by atoms with van der Waals surface area (Å²) in [5.74, 6) is 1.50. The first-order valence-electron chi connectivity index (χ1n) is 4.86. The Morgan fingerprint density at radius 3 is 2.94 bits per heavy atom. The third-order valence-corrected chi connectivity index (χ3v) is 4.33. The van der Waals surface area contributed by atoms with Crippen molar-refractivity contribution >= 4 is 46.3 Å². The fraction of sp³-hybridized carbons (Fsp3) is 0.182. The molecule has 0 amide bonds. The van der Waals surface area contributed by atoms with Crippen molar-refractivity contribution in [2.45, 2.75) is 4.34 Å². The summed E-state index contributed by atoms with van der Waals surface area (Å²) in [4.78, 5) is 4.17. The third-order valence-electron chi connectivity index (χ3n) is 1.87. The van der Waals surface area contributed by atoms with Crippen molar-refractivity contribution in [3.05, 3.63) is 39.8 Å². The summed E-state index contributed by atoms with van der Waals surface area (Å²) in [6.07, 6.45) is 1.80. The second kappa shape index (κ2) is 6.50. The first-order valence-corrected chi connectivity index (χ1v) is 7.48. The molecule has 2 aromatic rings. The van der Waals surface area contributed by atoms with Crippen LogP contribution in [0.3, 0.4) is 0 Å². The summed E-state index contributed by atoms with van der Waals surface area (Å²) < 4.78 is 6.61. The maximum absolute atomic E-state index is 5.98. The summed E-state index contributed by atoms with van der Waals surface area (Å²) in [6.45, 7) is 0.589. The first kappa shape index (κ1) is 13.0. The van der Waals surface area contributed by atoms with Crippen LogP contribution in [0.2, 0.25) is 10.0 Å². The standard InChI is InChI=1S/C11H9Cl2NOS2/c12-8-1-2-10(9(13)7-8)15-4-6-17-11-14-3-5-16-11/h1-3,5,7H,4,6H2. The minimum atomic E-state index is 0.539. The smallest absolute Gasteiger partial charge is 0.149 e. The molecule has 1 heterocycles. The maximum Gasteiger partial charge on any atom is 0.149 e. The van der Waals surface area contributed by atoms with Gasteiger partial charge in [-0.3, -0.25) is 0 Å². The maximum atomic E-state index is 5.98. The van der Waals surface area contributed by atoms with E-state index in [0.717, 1.165) is 10.1 Å². The molecule has 0 N–H and O–H groups in total. The van der Waals surface area contributed by atoms with Crippen LogP contribution in [0.4, 0.5) is 0 Å². The number of nitrogens with zero attached hydrogens (tertiary/aromatic N) is 1. The van der Waals surface area contributed by atoms with Crippen LogP contribution in [-0.4, -0.2) is 17.3 Å². The van der Waals surface area contributed by atoms with Gasteiger partial charge in [0.25, 0.3) is 0 Å². The Kier molecular flexibility index (Phi) is 4.98. The molecule has 17 heavy (non-hydrogen) atoms. The summed E-state index contributed by atoms with van der Waals surface area (Å²) in [5.41, 5.74) is 0. The SMILES string of the molecule is Clc1ccc(OCCSc2nccs2)c(Cl)c1. The van der Waals surface area contributed by atoms with Gasteiger partial charge in [-0.2, -0.15) is 0 Å². The number of benzene rings is 1. The number of aromatic nitrogens is 1. The highest BCUT2D eigenvalue weighted by atomic mass is 35.5. The van der Waals surface area contributed by atoms with Crippen LogP contribution >= 0.6 is 46.3 Å². The first-order chi connectivity index (χ1) is 8.25. The predicted molar refractivity (Wildman–Crippen MR) is 74.8 cm³/mol. The number of ether oxygens (including phenoxy) is 1. The van der Waals surface area contributed by atoms with Crippen LogP contribution in [0, 0.1) is 0 Å². The van der Waals surface area contributed by atoms with Crippen molar-refractivity contribution < 1.29 is 4.74 Å². The molecule has 1 aromatic heterocycles. The summed E-state index contributed by atoms with van der Waals surface area (Å²) >= 11 is 15.1. The Morgan fingerprint density at radius 2 is 2.24 bits per heavy atom. The van der Waals surface area contributed by atoms with Crippen LogP contribution < -0.4 is 4.74 Å². The molecule has 0 atom stereocenters. The Bertz CT molecular complexity index is 476. The molecular formula is C11H9Cl2NOS2. The van der Waals surface area contributed by atoms with E-state index < -0.39 is 0 Å². The van der Waals surface area contributed by atoms with Gasteiger partial charge in [-0.1, -0.05) is 35.0 Å². The normalized spacial score (nSPS) is 10.5. The summed E-state index contributed by atoms with van der Waals surface area (Å²) in [6, 6.07) is 5.21. The van der Waals surface area contributed by atoms with E-state index >= 15 is 0 Å². The molecule has 0 aliphatic heterocycles. The van der Waals surface area contributed by atoms with E-state index in [1.807, 2.05) is 5.38 Å². The molecule has 2 rings (SSSR count). The molecule has 2 nitrogen and oxygen atoms in total. The highest BCUT2D eigenvalue weighted by Crippen LogP contribution is 2.28. The molecule has 0 radical (unpaired) electrons. The van der Waals surface area contributed by atoms with Crippen LogP contribution in [0.5, 0.6) is 5.75 Å². The predicted octanol–water partition coefficient (Wildman–Crippen LogP) is 4.62. The molecule has 0 spiro atoms. The van der Waals surface area contributed by atoms with Crippen molar-refractivity contribution in [2.24, 2.45) is 0 Å². The molecule has 0 unspecified atom stereocenters. The van der Waals surface area contributed by atoms with Crippen molar-refractivity contribution in [2.75, 3.05) is 12.4 Å². The van der Waals surface area contributed by atoms with Crippen molar-refractivity contribution in [1.82, 2.24) is 4.98 Å². The second-order valence-electron chi connectivity index (χ2n) is 3.07. The van der Waals surface area contributed by atoms with Gasteiger partial charge in [-0.05, 0) is 18.2 Å². The van der Waals surface area contributed by atoms with Crippen molar-refractivity contribution in [3.63, 3.8) is 0 Å². The molecule has 0 aliphatic carbocycles. The van der Waals surface area contributed by atoms with E-state index in [2.05, 4.69) is 4.98 Å². The molecule has 0 aliphatic rings. The number of halogens is 2. The van der Waals surface area contributed by atoms with E-state index in [1.165, 1.54) is 0 Å². The number of rotatable bonds is 5. The van der Waals surface area contributed by atoms with Crippen LogP contribution in [0.25, 0.3) is 0 Å². The lowest BCUT2D eigenvalue weighted by Crippen LogP contribution is -2.00. The van der Waals surface area contributed by atoms with E-state index in [4.69, 9.17) is 27.9 Å². The van der Waals surface area contributed by atoms with Gasteiger partial charge in [-0.25, -0.2) is 4.98 Å². The Morgan fingerprint density at radius 1 is 1.35 bits per heavy atom. The van der Waals surface area contributed by atoms with E-state index in [1.54, 1.807) is 47.5 Å². The van der Waals surface area contributed by atoms with E-state index in [-0.39, 0.29) is 0 Å². The minimum absolute atomic E-state index is 0.539. The molecule has 0 saturated carbocycles. The van der Waals surface area contributed by atoms with Crippen LogP contribution in [0.1, 0.15) is 0 Å². The molecule has 0 bridgehead atoms. The van der Waals surface area contributed by atoms with Gasteiger partial charge in [0.2, 0.25) is 0 Å². The average Bonchev–Trinajstić information content (AvgIpc) is 2.79. The highest BCUT2D eigenvalue weighted by Gasteiger charge is 2.02. The fourth-order valence-electron chi connectivity index (χ4n) is 1.15. The third kappa shape index (κ3) is 4.07. The highest BCUT2D eigenvalue weighted by molar-refractivity contribution is 8.01. The lowest BCUT2D eigenvalue weighted by molar-refractivity contribution is 0.344. The lowest BCUT2D eigenvalue weighted by atomic mass is 10.3. The van der Waals surface area contributed by atoms with Gasteiger partial charge in [0.15, 0.2) is 0 Å². The topological polar surface area (TPSA) is 22.1 Å². The number of thiazole rings is 1. The monoisotopic (exact) mass is 305 g/mol. The number of hydrogen-bond acceptors (Lipinski definition) is 4. The van der Waals surface area contributed by atoms with E-state index in [9.17, 15) is 0 Å². The Balaban J connectivity index is 1.78. The number of hydrogen-bond donors (Lipinski definition) is 0. The minimum Gasteiger partial charge on any atom is -0.491 e. The molecule has 1 aromatic carbocycles. The molecule has 6 heteroatoms. The zero-order chi connectivity index (χ0) is 12.1. The van der Waals surface area contributed by atoms with Gasteiger partial charge in [-0.15, -0.1) is 11.3 Å². The van der Waals surface area contributed by atoms with Crippen LogP contribution in [0.15, 0.2) is 34.1 Å². The Labute approximate surface area is 118 Å². The second-order valence-corrected chi connectivity index (χ2v) is 6.15. The fourth-order valence-corrected chi connectivity index (χ4v) is 3.14. The summed E-state index contributed by atoms with van der Waals surface area (Å²) in [5, 5.41) is 3.11.